The Hall–Kier alpha value is -2.06. The molecule has 2 fully saturated rings. The molecule has 8 heteroatoms. The lowest BCUT2D eigenvalue weighted by Gasteiger charge is -2.48. The predicted octanol–water partition coefficient (Wildman–Crippen LogP) is 5.47. The molecule has 0 unspecified atom stereocenters. The number of amides is 2. The van der Waals surface area contributed by atoms with Gasteiger partial charge in [0.2, 0.25) is 0 Å². The highest BCUT2D eigenvalue weighted by Crippen LogP contribution is 2.36. The van der Waals surface area contributed by atoms with Gasteiger partial charge in [0, 0.05) is 35.2 Å². The number of thiophene rings is 1. The molecule has 156 valence electrons. The highest BCUT2D eigenvalue weighted by Gasteiger charge is 2.38. The number of alkyl halides is 3. The van der Waals surface area contributed by atoms with Crippen LogP contribution in [0.15, 0.2) is 41.8 Å². The number of halogens is 3. The zero-order valence-electron chi connectivity index (χ0n) is 15.9. The van der Waals surface area contributed by atoms with Crippen molar-refractivity contribution >= 4 is 23.1 Å². The summed E-state index contributed by atoms with van der Waals surface area (Å²) >= 11 is 1.78. The number of hydrogen-bond acceptors (Lipinski definition) is 3. The van der Waals surface area contributed by atoms with E-state index in [1.54, 1.807) is 11.3 Å². The Morgan fingerprint density at radius 1 is 1.10 bits per heavy atom. The maximum Gasteiger partial charge on any atom is 0.416 e. The normalized spacial score (nSPS) is 24.9. The molecule has 2 atom stereocenters. The smallest absolute Gasteiger partial charge is 0.335 e. The standard InChI is InChI=1S/C21H24F3N3OS/c22-21(23,24)14-6-8-15(9-7-14)25-20(28)26-16-11-17-3-1-4-18(12-16)27(17)13-19-5-2-10-29-19/h2,5-10,16-18H,1,3-4,11-13H2,(H2,25,26,28)/t17-,18-/m1/s1. The van der Waals surface area contributed by atoms with E-state index < -0.39 is 11.7 Å². The lowest BCUT2D eigenvalue weighted by atomic mass is 9.81. The lowest BCUT2D eigenvalue weighted by Crippen LogP contribution is -2.56. The summed E-state index contributed by atoms with van der Waals surface area (Å²) in [7, 11) is 0. The Labute approximate surface area is 172 Å². The van der Waals surface area contributed by atoms with Gasteiger partial charge >= 0.3 is 12.2 Å². The number of rotatable bonds is 4. The first kappa shape index (κ1) is 20.2. The van der Waals surface area contributed by atoms with E-state index in [9.17, 15) is 18.0 Å². The van der Waals surface area contributed by atoms with Gasteiger partial charge in [-0.1, -0.05) is 12.5 Å². The number of carbonyl (C=O) groups is 1. The zero-order chi connectivity index (χ0) is 20.4. The summed E-state index contributed by atoms with van der Waals surface area (Å²) in [4.78, 5) is 16.3. The highest BCUT2D eigenvalue weighted by molar-refractivity contribution is 7.09. The van der Waals surface area contributed by atoms with Crippen LogP contribution in [0.4, 0.5) is 23.7 Å². The molecule has 2 saturated heterocycles. The van der Waals surface area contributed by atoms with Gasteiger partial charge in [-0.15, -0.1) is 11.3 Å². The van der Waals surface area contributed by atoms with Gasteiger partial charge in [-0.3, -0.25) is 4.90 Å². The average Bonchev–Trinajstić information content (AvgIpc) is 3.15. The zero-order valence-corrected chi connectivity index (χ0v) is 16.7. The Kier molecular flexibility index (Phi) is 5.83. The fourth-order valence-corrected chi connectivity index (χ4v) is 5.24. The number of piperidine rings is 2. The molecule has 29 heavy (non-hydrogen) atoms. The third kappa shape index (κ3) is 4.93. The minimum absolute atomic E-state index is 0.0827. The van der Waals surface area contributed by atoms with Crippen molar-refractivity contribution in [3.05, 3.63) is 52.2 Å². The van der Waals surface area contributed by atoms with Gasteiger partial charge in [-0.25, -0.2) is 4.79 Å². The van der Waals surface area contributed by atoms with Gasteiger partial charge < -0.3 is 10.6 Å². The molecule has 2 aliphatic heterocycles. The van der Waals surface area contributed by atoms with Gasteiger partial charge in [0.25, 0.3) is 0 Å². The fraction of sp³-hybridized carbons (Fsp3) is 0.476. The van der Waals surface area contributed by atoms with Crippen LogP contribution in [-0.4, -0.2) is 29.1 Å². The van der Waals surface area contributed by atoms with E-state index in [1.807, 2.05) is 0 Å². The van der Waals surface area contributed by atoms with E-state index in [0.29, 0.717) is 17.8 Å². The van der Waals surface area contributed by atoms with E-state index in [-0.39, 0.29) is 12.1 Å². The Balaban J connectivity index is 1.32. The number of carbonyl (C=O) groups excluding carboxylic acids is 1. The van der Waals surface area contributed by atoms with Gasteiger partial charge in [-0.2, -0.15) is 13.2 Å². The number of fused-ring (bicyclic) bond motifs is 2. The minimum atomic E-state index is -4.38. The summed E-state index contributed by atoms with van der Waals surface area (Å²) in [6, 6.07) is 9.40. The van der Waals surface area contributed by atoms with E-state index in [4.69, 9.17) is 0 Å². The molecule has 2 aromatic rings. The third-order valence-electron chi connectivity index (χ3n) is 5.85. The quantitative estimate of drug-likeness (QED) is 0.685. The highest BCUT2D eigenvalue weighted by atomic mass is 32.1. The van der Waals surface area contributed by atoms with Crippen molar-refractivity contribution in [2.75, 3.05) is 5.32 Å². The summed E-state index contributed by atoms with van der Waals surface area (Å²) in [5.74, 6) is 0. The average molecular weight is 424 g/mol. The number of hydrogen-bond donors (Lipinski definition) is 2. The van der Waals surface area contributed by atoms with Crippen LogP contribution in [0.1, 0.15) is 42.5 Å². The minimum Gasteiger partial charge on any atom is -0.335 e. The van der Waals surface area contributed by atoms with E-state index in [1.165, 1.54) is 23.4 Å². The third-order valence-corrected chi connectivity index (χ3v) is 6.71. The number of urea groups is 1. The summed E-state index contributed by atoms with van der Waals surface area (Å²) in [6.07, 6.45) is 0.933. The maximum absolute atomic E-state index is 12.7. The van der Waals surface area contributed by atoms with Crippen molar-refractivity contribution in [3.63, 3.8) is 0 Å². The van der Waals surface area contributed by atoms with Crippen molar-refractivity contribution in [2.45, 2.75) is 63.0 Å². The molecule has 1 aromatic heterocycles. The van der Waals surface area contributed by atoms with Crippen LogP contribution in [0, 0.1) is 0 Å². The van der Waals surface area contributed by atoms with Crippen LogP contribution in [0.5, 0.6) is 0 Å². The molecule has 2 amide bonds. The molecule has 0 radical (unpaired) electrons. The molecular weight excluding hydrogens is 399 g/mol. The van der Waals surface area contributed by atoms with Crippen LogP contribution in [0.25, 0.3) is 0 Å². The van der Waals surface area contributed by atoms with Crippen molar-refractivity contribution in [3.8, 4) is 0 Å². The molecule has 0 aliphatic carbocycles. The maximum atomic E-state index is 12.7. The second kappa shape index (κ2) is 8.36. The molecular formula is C21H24F3N3OS. The largest absolute Gasteiger partial charge is 0.416 e. The first-order chi connectivity index (χ1) is 13.9. The lowest BCUT2D eigenvalue weighted by molar-refractivity contribution is -0.137. The molecule has 2 N–H and O–H groups in total. The first-order valence-corrected chi connectivity index (χ1v) is 10.8. The summed E-state index contributed by atoms with van der Waals surface area (Å²) < 4.78 is 38.0. The van der Waals surface area contributed by atoms with Gasteiger partial charge in [0.15, 0.2) is 0 Å². The second-order valence-electron chi connectivity index (χ2n) is 7.83. The predicted molar refractivity (Wildman–Crippen MR) is 108 cm³/mol. The van der Waals surface area contributed by atoms with Crippen molar-refractivity contribution in [1.29, 1.82) is 0 Å². The van der Waals surface area contributed by atoms with Crippen LogP contribution in [0.2, 0.25) is 0 Å². The van der Waals surface area contributed by atoms with Crippen LogP contribution < -0.4 is 10.6 Å². The van der Waals surface area contributed by atoms with Crippen molar-refractivity contribution in [1.82, 2.24) is 10.2 Å². The second-order valence-corrected chi connectivity index (χ2v) is 8.86. The topological polar surface area (TPSA) is 44.4 Å². The number of benzene rings is 1. The number of nitrogens with zero attached hydrogens (tertiary/aromatic N) is 1. The molecule has 2 aliphatic rings. The SMILES string of the molecule is O=C(Nc1ccc(C(F)(F)F)cc1)NC1C[C@H]2CCC[C@H](C1)N2Cc1cccs1. The fourth-order valence-electron chi connectivity index (χ4n) is 4.53. The molecule has 1 aromatic carbocycles. The van der Waals surface area contributed by atoms with Crippen LogP contribution in [-0.2, 0) is 12.7 Å². The number of anilines is 1. The van der Waals surface area contributed by atoms with Gasteiger partial charge in [-0.05, 0) is 61.4 Å². The molecule has 2 bridgehead atoms. The van der Waals surface area contributed by atoms with Gasteiger partial charge in [0.1, 0.15) is 0 Å². The summed E-state index contributed by atoms with van der Waals surface area (Å²) in [6.45, 7) is 0.970. The van der Waals surface area contributed by atoms with E-state index in [2.05, 4.69) is 33.0 Å². The Morgan fingerprint density at radius 3 is 2.38 bits per heavy atom. The number of nitrogens with one attached hydrogen (secondary N) is 2. The van der Waals surface area contributed by atoms with E-state index in [0.717, 1.165) is 44.4 Å². The molecule has 4 rings (SSSR count). The summed E-state index contributed by atoms with van der Waals surface area (Å²) in [5, 5.41) is 7.78. The molecule has 0 saturated carbocycles. The Bertz CT molecular complexity index is 809. The van der Waals surface area contributed by atoms with E-state index >= 15 is 0 Å². The van der Waals surface area contributed by atoms with Crippen molar-refractivity contribution < 1.29 is 18.0 Å². The van der Waals surface area contributed by atoms with Crippen LogP contribution in [0.3, 0.4) is 0 Å². The molecule has 0 spiro atoms. The first-order valence-electron chi connectivity index (χ1n) is 9.91. The molecule has 3 heterocycles. The molecule has 4 nitrogen and oxygen atoms in total. The Morgan fingerprint density at radius 2 is 1.79 bits per heavy atom. The van der Waals surface area contributed by atoms with Crippen molar-refractivity contribution in [2.24, 2.45) is 0 Å². The monoisotopic (exact) mass is 423 g/mol. The summed E-state index contributed by atoms with van der Waals surface area (Å²) in [5.41, 5.74) is -0.375. The van der Waals surface area contributed by atoms with Gasteiger partial charge in [0.05, 0.1) is 5.56 Å². The van der Waals surface area contributed by atoms with Crippen LogP contribution >= 0.6 is 11.3 Å².